The van der Waals surface area contributed by atoms with E-state index in [1.165, 1.54) is 31.5 Å². The van der Waals surface area contributed by atoms with Gasteiger partial charge in [0.15, 0.2) is 5.96 Å². The highest BCUT2D eigenvalue weighted by atomic mass is 32.2. The summed E-state index contributed by atoms with van der Waals surface area (Å²) >= 11 is 1.87. The topological polar surface area (TPSA) is 39.7 Å². The molecule has 2 atom stereocenters. The number of hydrogen-bond donors (Lipinski definition) is 2. The van der Waals surface area contributed by atoms with Gasteiger partial charge in [0.1, 0.15) is 0 Å². The van der Waals surface area contributed by atoms with Crippen LogP contribution in [-0.2, 0) is 0 Å². The Labute approximate surface area is 145 Å². The van der Waals surface area contributed by atoms with Crippen LogP contribution in [-0.4, -0.2) is 55.6 Å². The molecule has 1 fully saturated rings. The van der Waals surface area contributed by atoms with E-state index < -0.39 is 0 Å². The molecule has 1 aromatic carbocycles. The van der Waals surface area contributed by atoms with Gasteiger partial charge in [-0.25, -0.2) is 0 Å². The average molecular weight is 335 g/mol. The maximum atomic E-state index is 4.35. The number of thioether (sulfide) groups is 1. The van der Waals surface area contributed by atoms with Crippen LogP contribution in [0.4, 0.5) is 0 Å². The van der Waals surface area contributed by atoms with E-state index in [1.807, 2.05) is 18.8 Å². The number of hydrogen-bond acceptors (Lipinski definition) is 3. The van der Waals surface area contributed by atoms with E-state index in [2.05, 4.69) is 64.0 Å². The first kappa shape index (κ1) is 18.1. The fourth-order valence-electron chi connectivity index (χ4n) is 2.92. The Balaban J connectivity index is 1.94. The zero-order chi connectivity index (χ0) is 16.5. The van der Waals surface area contributed by atoms with E-state index in [9.17, 15) is 0 Å². The predicted molar refractivity (Wildman–Crippen MR) is 102 cm³/mol. The molecule has 0 spiro atoms. The largest absolute Gasteiger partial charge is 0.355 e. The van der Waals surface area contributed by atoms with Gasteiger partial charge in [-0.15, -0.1) is 0 Å². The third-order valence-electron chi connectivity index (χ3n) is 4.41. The van der Waals surface area contributed by atoms with Gasteiger partial charge in [-0.2, -0.15) is 11.8 Å². The molecule has 1 aromatic rings. The summed E-state index contributed by atoms with van der Waals surface area (Å²) in [5, 5.41) is 7.51. The number of nitrogens with one attached hydrogen (secondary N) is 2. The molecule has 2 N–H and O–H groups in total. The summed E-state index contributed by atoms with van der Waals surface area (Å²) in [6.07, 6.45) is 4.75. The summed E-state index contributed by atoms with van der Waals surface area (Å²) < 4.78 is 0. The number of nitrogens with zero attached hydrogens (tertiary/aromatic N) is 2. The van der Waals surface area contributed by atoms with E-state index in [0.717, 1.165) is 19.0 Å². The van der Waals surface area contributed by atoms with Crippen LogP contribution in [0.3, 0.4) is 0 Å². The van der Waals surface area contributed by atoms with Crippen LogP contribution in [0.15, 0.2) is 35.3 Å². The Kier molecular flexibility index (Phi) is 7.76. The second-order valence-electron chi connectivity index (χ2n) is 6.05. The summed E-state index contributed by atoms with van der Waals surface area (Å²) in [5.74, 6) is 0.894. The minimum atomic E-state index is 0.412. The molecule has 128 valence electrons. The van der Waals surface area contributed by atoms with Crippen LogP contribution >= 0.6 is 11.8 Å². The number of guanidine groups is 1. The SMILES string of the molecule is CN=C(NCC(C)SC)NCC(c1ccccc1)N1CCCC1. The highest BCUT2D eigenvalue weighted by Gasteiger charge is 2.23. The van der Waals surface area contributed by atoms with Gasteiger partial charge < -0.3 is 10.6 Å². The summed E-state index contributed by atoms with van der Waals surface area (Å²) in [5.41, 5.74) is 1.38. The summed E-state index contributed by atoms with van der Waals surface area (Å²) in [6, 6.07) is 11.2. The molecule has 4 nitrogen and oxygen atoms in total. The molecule has 23 heavy (non-hydrogen) atoms. The van der Waals surface area contributed by atoms with Crippen molar-refractivity contribution in [1.29, 1.82) is 0 Å². The van der Waals surface area contributed by atoms with Gasteiger partial charge >= 0.3 is 0 Å². The zero-order valence-electron chi connectivity index (χ0n) is 14.6. The van der Waals surface area contributed by atoms with Gasteiger partial charge in [0.2, 0.25) is 0 Å². The first-order chi connectivity index (χ1) is 11.2. The fraction of sp³-hybridized carbons (Fsp3) is 0.611. The normalized spacial score (nSPS) is 18.7. The number of benzene rings is 1. The van der Waals surface area contributed by atoms with E-state index in [1.54, 1.807) is 0 Å². The minimum absolute atomic E-state index is 0.412. The van der Waals surface area contributed by atoms with E-state index in [0.29, 0.717) is 11.3 Å². The van der Waals surface area contributed by atoms with E-state index in [-0.39, 0.29) is 0 Å². The maximum Gasteiger partial charge on any atom is 0.191 e. The van der Waals surface area contributed by atoms with Crippen molar-refractivity contribution in [1.82, 2.24) is 15.5 Å². The average Bonchev–Trinajstić information content (AvgIpc) is 3.12. The number of likely N-dealkylation sites (tertiary alicyclic amines) is 1. The van der Waals surface area contributed by atoms with E-state index >= 15 is 0 Å². The van der Waals surface area contributed by atoms with Crippen LogP contribution in [0.2, 0.25) is 0 Å². The Hall–Kier alpha value is -1.20. The molecule has 2 unspecified atom stereocenters. The van der Waals surface area contributed by atoms with Crippen LogP contribution in [0.5, 0.6) is 0 Å². The molecule has 0 aliphatic carbocycles. The Morgan fingerprint density at radius 2 is 1.83 bits per heavy atom. The van der Waals surface area contributed by atoms with Crippen molar-refractivity contribution in [3.8, 4) is 0 Å². The van der Waals surface area contributed by atoms with Crippen LogP contribution in [0, 0.1) is 0 Å². The van der Waals surface area contributed by atoms with Gasteiger partial charge in [-0.1, -0.05) is 37.3 Å². The standard InChI is InChI=1S/C18H30N4S/c1-15(23-3)13-20-18(19-2)21-14-17(22-11-7-8-12-22)16-9-5-4-6-10-16/h4-6,9-10,15,17H,7-8,11-14H2,1-3H3,(H2,19,20,21). The summed E-state index contributed by atoms with van der Waals surface area (Å²) in [7, 11) is 1.84. The first-order valence-electron chi connectivity index (χ1n) is 8.51. The van der Waals surface area contributed by atoms with Crippen molar-refractivity contribution in [2.45, 2.75) is 31.1 Å². The molecule has 0 radical (unpaired) electrons. The van der Waals surface area contributed by atoms with Crippen molar-refractivity contribution >= 4 is 17.7 Å². The van der Waals surface area contributed by atoms with Gasteiger partial charge in [0.05, 0.1) is 6.04 Å². The predicted octanol–water partition coefficient (Wildman–Crippen LogP) is 2.74. The molecule has 0 amide bonds. The molecule has 1 heterocycles. The van der Waals surface area contributed by atoms with Crippen molar-refractivity contribution in [3.05, 3.63) is 35.9 Å². The molecule has 5 heteroatoms. The molecule has 1 aliphatic rings. The zero-order valence-corrected chi connectivity index (χ0v) is 15.4. The third kappa shape index (κ3) is 5.74. The van der Waals surface area contributed by atoms with Gasteiger partial charge in [-0.3, -0.25) is 9.89 Å². The lowest BCUT2D eigenvalue weighted by molar-refractivity contribution is 0.245. The van der Waals surface area contributed by atoms with Crippen LogP contribution in [0.1, 0.15) is 31.4 Å². The number of rotatable bonds is 7. The van der Waals surface area contributed by atoms with Crippen molar-refractivity contribution < 1.29 is 0 Å². The highest BCUT2D eigenvalue weighted by Crippen LogP contribution is 2.24. The van der Waals surface area contributed by atoms with Gasteiger partial charge in [0.25, 0.3) is 0 Å². The smallest absolute Gasteiger partial charge is 0.191 e. The van der Waals surface area contributed by atoms with Gasteiger partial charge in [0, 0.05) is 25.4 Å². The molecule has 1 aliphatic heterocycles. The van der Waals surface area contributed by atoms with Crippen molar-refractivity contribution in [3.63, 3.8) is 0 Å². The fourth-order valence-corrected chi connectivity index (χ4v) is 3.17. The Morgan fingerprint density at radius 3 is 2.43 bits per heavy atom. The van der Waals surface area contributed by atoms with Crippen LogP contribution in [0.25, 0.3) is 0 Å². The molecule has 2 rings (SSSR count). The molecule has 0 saturated carbocycles. The quantitative estimate of drug-likeness (QED) is 0.594. The second-order valence-corrected chi connectivity index (χ2v) is 7.33. The molecular weight excluding hydrogens is 304 g/mol. The lowest BCUT2D eigenvalue weighted by Crippen LogP contribution is -2.44. The van der Waals surface area contributed by atoms with Crippen molar-refractivity contribution in [2.75, 3.05) is 39.5 Å². The lowest BCUT2D eigenvalue weighted by atomic mass is 10.1. The van der Waals surface area contributed by atoms with Crippen molar-refractivity contribution in [2.24, 2.45) is 4.99 Å². The third-order valence-corrected chi connectivity index (χ3v) is 5.38. The molecule has 1 saturated heterocycles. The molecule has 0 bridgehead atoms. The Morgan fingerprint density at radius 1 is 1.17 bits per heavy atom. The Bertz CT molecular complexity index is 471. The summed E-state index contributed by atoms with van der Waals surface area (Å²) in [4.78, 5) is 6.94. The minimum Gasteiger partial charge on any atom is -0.355 e. The van der Waals surface area contributed by atoms with E-state index in [4.69, 9.17) is 0 Å². The first-order valence-corrected chi connectivity index (χ1v) is 9.79. The second kappa shape index (κ2) is 9.83. The maximum absolute atomic E-state index is 4.35. The number of aliphatic imine (C=N–C) groups is 1. The van der Waals surface area contributed by atoms with Crippen LogP contribution < -0.4 is 10.6 Å². The highest BCUT2D eigenvalue weighted by molar-refractivity contribution is 7.99. The molecule has 0 aromatic heterocycles. The van der Waals surface area contributed by atoms with Gasteiger partial charge in [-0.05, 0) is 37.8 Å². The summed E-state index contributed by atoms with van der Waals surface area (Å²) in [6.45, 7) is 6.42. The molecular formula is C18H30N4S. The monoisotopic (exact) mass is 334 g/mol. The lowest BCUT2D eigenvalue weighted by Gasteiger charge is -2.29.